The number of nitrogens with zero attached hydrogens (tertiary/aromatic N) is 4. The number of fused-ring (bicyclic) bond motifs is 1. The van der Waals surface area contributed by atoms with Gasteiger partial charge in [-0.2, -0.15) is 13.2 Å². The van der Waals surface area contributed by atoms with Gasteiger partial charge in [-0.3, -0.25) is 9.78 Å². The minimum absolute atomic E-state index is 0.0438. The van der Waals surface area contributed by atoms with Crippen molar-refractivity contribution in [3.63, 3.8) is 0 Å². The summed E-state index contributed by atoms with van der Waals surface area (Å²) in [5, 5.41) is 0. The van der Waals surface area contributed by atoms with Crippen LogP contribution < -0.4 is 0 Å². The molecule has 176 valence electrons. The molecular formula is C26H25F3N4O. The second-order valence-electron chi connectivity index (χ2n) is 9.20. The summed E-state index contributed by atoms with van der Waals surface area (Å²) in [5.74, 6) is 0.952. The highest BCUT2D eigenvalue weighted by atomic mass is 19.4. The number of piperidine rings is 1. The number of alkyl halides is 3. The van der Waals surface area contributed by atoms with Gasteiger partial charge in [-0.25, -0.2) is 9.97 Å². The maximum absolute atomic E-state index is 13.9. The fourth-order valence-electron chi connectivity index (χ4n) is 5.01. The molecule has 3 heterocycles. The van der Waals surface area contributed by atoms with Crippen LogP contribution in [0.2, 0.25) is 0 Å². The molecule has 1 aliphatic heterocycles. The van der Waals surface area contributed by atoms with Crippen molar-refractivity contribution in [1.82, 2.24) is 19.9 Å². The van der Waals surface area contributed by atoms with Gasteiger partial charge >= 0.3 is 6.18 Å². The minimum Gasteiger partial charge on any atom is -0.332 e. The van der Waals surface area contributed by atoms with Crippen LogP contribution >= 0.6 is 0 Å². The van der Waals surface area contributed by atoms with Gasteiger partial charge in [0.2, 0.25) is 0 Å². The summed E-state index contributed by atoms with van der Waals surface area (Å²) in [6.07, 6.45) is 3.94. The van der Waals surface area contributed by atoms with Gasteiger partial charge in [0.1, 0.15) is 0 Å². The lowest BCUT2D eigenvalue weighted by Crippen LogP contribution is -2.45. The molecule has 0 spiro atoms. The lowest BCUT2D eigenvalue weighted by Gasteiger charge is -2.36. The molecule has 5 nitrogen and oxygen atoms in total. The van der Waals surface area contributed by atoms with Gasteiger partial charge in [0.15, 0.2) is 5.82 Å². The smallest absolute Gasteiger partial charge is 0.332 e. The lowest BCUT2D eigenvalue weighted by molar-refractivity contribution is -0.137. The minimum atomic E-state index is -4.40. The number of carbonyl (C=O) groups excluding carboxylic acids is 1. The third-order valence-electron chi connectivity index (χ3n) is 6.83. The summed E-state index contributed by atoms with van der Waals surface area (Å²) < 4.78 is 39.3. The Kier molecular flexibility index (Phi) is 5.83. The maximum atomic E-state index is 13.9. The van der Waals surface area contributed by atoms with E-state index in [4.69, 9.17) is 0 Å². The second-order valence-corrected chi connectivity index (χ2v) is 9.20. The van der Waals surface area contributed by atoms with Crippen LogP contribution in [-0.4, -0.2) is 37.8 Å². The Bertz CT molecular complexity index is 1200. The van der Waals surface area contributed by atoms with Crippen LogP contribution in [0.4, 0.5) is 13.2 Å². The van der Waals surface area contributed by atoms with Crippen LogP contribution in [0.1, 0.15) is 52.9 Å². The van der Waals surface area contributed by atoms with Crippen LogP contribution in [0, 0.1) is 12.8 Å². The van der Waals surface area contributed by atoms with E-state index < -0.39 is 11.7 Å². The summed E-state index contributed by atoms with van der Waals surface area (Å²) >= 11 is 0. The first-order chi connectivity index (χ1) is 16.3. The van der Waals surface area contributed by atoms with Crippen LogP contribution in [-0.2, 0) is 12.6 Å². The summed E-state index contributed by atoms with van der Waals surface area (Å²) in [6.45, 7) is 1.94. The van der Waals surface area contributed by atoms with E-state index in [9.17, 15) is 18.0 Å². The quantitative estimate of drug-likeness (QED) is 0.499. The number of aromatic nitrogens is 3. The Balaban J connectivity index is 1.41. The van der Waals surface area contributed by atoms with E-state index in [0.29, 0.717) is 41.4 Å². The van der Waals surface area contributed by atoms with Crippen molar-refractivity contribution in [1.29, 1.82) is 0 Å². The highest BCUT2D eigenvalue weighted by molar-refractivity contribution is 6.01. The molecule has 3 atom stereocenters. The zero-order valence-corrected chi connectivity index (χ0v) is 18.8. The highest BCUT2D eigenvalue weighted by Crippen LogP contribution is 2.47. The molecule has 0 bridgehead atoms. The number of hydrogen-bond donors (Lipinski definition) is 0. The fourth-order valence-corrected chi connectivity index (χ4v) is 5.01. The van der Waals surface area contributed by atoms with Crippen molar-refractivity contribution >= 4 is 5.91 Å². The Morgan fingerprint density at radius 1 is 1.06 bits per heavy atom. The third kappa shape index (κ3) is 4.54. The zero-order valence-electron chi connectivity index (χ0n) is 18.8. The number of carbonyl (C=O) groups is 1. The largest absolute Gasteiger partial charge is 0.416 e. The number of aryl methyl sites for hydroxylation is 2. The van der Waals surface area contributed by atoms with Crippen molar-refractivity contribution in [2.45, 2.75) is 57.3 Å². The van der Waals surface area contributed by atoms with E-state index in [-0.39, 0.29) is 18.0 Å². The molecule has 1 aliphatic carbocycles. The summed E-state index contributed by atoms with van der Waals surface area (Å²) in [6, 6.07) is 9.67. The molecule has 1 saturated heterocycles. The number of benzene rings is 1. The fraction of sp³-hybridized carbons (Fsp3) is 0.385. The molecule has 2 aliphatic rings. The van der Waals surface area contributed by atoms with Crippen LogP contribution in [0.25, 0.3) is 11.4 Å². The van der Waals surface area contributed by atoms with Crippen LogP contribution in [0.5, 0.6) is 0 Å². The van der Waals surface area contributed by atoms with Gasteiger partial charge in [-0.05, 0) is 69.2 Å². The Hall–Kier alpha value is -3.29. The predicted octanol–water partition coefficient (Wildman–Crippen LogP) is 5.49. The average molecular weight is 467 g/mol. The molecule has 2 aromatic heterocycles. The lowest BCUT2D eigenvalue weighted by atomic mass is 9.94. The number of hydrogen-bond acceptors (Lipinski definition) is 4. The first kappa shape index (κ1) is 22.5. The summed E-state index contributed by atoms with van der Waals surface area (Å²) in [4.78, 5) is 28.7. The van der Waals surface area contributed by atoms with Gasteiger partial charge in [0.05, 0.1) is 11.1 Å². The van der Waals surface area contributed by atoms with E-state index in [1.807, 2.05) is 30.0 Å². The molecule has 8 heteroatoms. The topological polar surface area (TPSA) is 59.0 Å². The van der Waals surface area contributed by atoms with Crippen molar-refractivity contribution in [3.8, 4) is 11.4 Å². The number of likely N-dealkylation sites (tertiary alicyclic amines) is 1. The SMILES string of the molecule is Cc1ccc(-c2ncccn2)c(C(=O)N2[C@H](CCc3cc(C(F)(F)F)ccn3)CC[C@@H]3C[C@@H]32)c1. The maximum Gasteiger partial charge on any atom is 0.416 e. The van der Waals surface area contributed by atoms with Gasteiger partial charge in [0, 0.05) is 41.9 Å². The molecule has 0 radical (unpaired) electrons. The van der Waals surface area contributed by atoms with E-state index >= 15 is 0 Å². The number of pyridine rings is 1. The van der Waals surface area contributed by atoms with Crippen molar-refractivity contribution in [2.24, 2.45) is 5.92 Å². The van der Waals surface area contributed by atoms with Crippen molar-refractivity contribution in [3.05, 3.63) is 77.4 Å². The first-order valence-electron chi connectivity index (χ1n) is 11.5. The van der Waals surface area contributed by atoms with Crippen molar-refractivity contribution < 1.29 is 18.0 Å². The summed E-state index contributed by atoms with van der Waals surface area (Å²) in [5.41, 5.74) is 1.94. The molecule has 1 aromatic carbocycles. The second kappa shape index (κ2) is 8.81. The zero-order chi connectivity index (χ0) is 23.9. The Morgan fingerprint density at radius 2 is 1.85 bits per heavy atom. The molecule has 0 N–H and O–H groups in total. The van der Waals surface area contributed by atoms with Gasteiger partial charge in [-0.1, -0.05) is 17.7 Å². The monoisotopic (exact) mass is 466 g/mol. The van der Waals surface area contributed by atoms with Crippen molar-refractivity contribution in [2.75, 3.05) is 0 Å². The predicted molar refractivity (Wildman–Crippen MR) is 121 cm³/mol. The molecular weight excluding hydrogens is 441 g/mol. The van der Waals surface area contributed by atoms with E-state index in [1.165, 1.54) is 6.20 Å². The third-order valence-corrected chi connectivity index (χ3v) is 6.83. The molecule has 1 saturated carbocycles. The van der Waals surface area contributed by atoms with Crippen LogP contribution in [0.3, 0.4) is 0 Å². The number of rotatable bonds is 5. The van der Waals surface area contributed by atoms with Gasteiger partial charge < -0.3 is 4.90 Å². The molecule has 2 fully saturated rings. The first-order valence-corrected chi connectivity index (χ1v) is 11.5. The number of halogens is 3. The molecule has 3 aromatic rings. The molecule has 1 amide bonds. The average Bonchev–Trinajstić information content (AvgIpc) is 3.62. The van der Waals surface area contributed by atoms with E-state index in [2.05, 4.69) is 15.0 Å². The van der Waals surface area contributed by atoms with Gasteiger partial charge in [0.25, 0.3) is 5.91 Å². The highest BCUT2D eigenvalue weighted by Gasteiger charge is 2.50. The Morgan fingerprint density at radius 3 is 2.62 bits per heavy atom. The molecule has 5 rings (SSSR count). The summed E-state index contributed by atoms with van der Waals surface area (Å²) in [7, 11) is 0. The standard InChI is InChI=1S/C26H25F3N4O/c1-16-3-8-21(24-31-10-2-11-32-24)22(13-16)25(34)33-20(6-4-17-14-23(17)33)7-5-19-15-18(9-12-30-19)26(27,28)29/h2-3,8-13,15,17,20,23H,4-7,14H2,1H3/t17-,20+,23+/m1/s1. The van der Waals surface area contributed by atoms with Gasteiger partial charge in [-0.15, -0.1) is 0 Å². The normalized spacial score (nSPS) is 21.8. The molecule has 0 unspecified atom stereocenters. The Labute approximate surface area is 196 Å². The van der Waals surface area contributed by atoms with Crippen LogP contribution in [0.15, 0.2) is 55.0 Å². The van der Waals surface area contributed by atoms with E-state index in [1.54, 1.807) is 18.5 Å². The number of amides is 1. The van der Waals surface area contributed by atoms with E-state index in [0.717, 1.165) is 37.0 Å². The molecule has 34 heavy (non-hydrogen) atoms.